The van der Waals surface area contributed by atoms with Gasteiger partial charge in [0.25, 0.3) is 0 Å². The second-order valence-corrected chi connectivity index (χ2v) is 8.31. The lowest BCUT2D eigenvalue weighted by molar-refractivity contribution is -0.138. The molecule has 0 aliphatic rings. The first-order valence-electron chi connectivity index (χ1n) is 8.90. The number of carbonyl (C=O) groups is 1. The maximum atomic E-state index is 13.1. The van der Waals surface area contributed by atoms with Crippen molar-refractivity contribution in [3.63, 3.8) is 0 Å². The lowest BCUT2D eigenvalue weighted by atomic mass is 10.0. The van der Waals surface area contributed by atoms with Gasteiger partial charge in [0.1, 0.15) is 4.90 Å². The van der Waals surface area contributed by atoms with Crippen LogP contribution < -0.4 is 10.5 Å². The minimum Gasteiger partial charge on any atom is -0.326 e. The zero-order valence-corrected chi connectivity index (χ0v) is 17.1. The SMILES string of the molecule is NS(=O)(=O)c1cc(NC(=O)Cc2ccccc2C(F)(F)F)ccc1-n1cc(C(F)(F)F)cn1. The van der Waals surface area contributed by atoms with Gasteiger partial charge in [-0.1, -0.05) is 18.2 Å². The molecule has 33 heavy (non-hydrogen) atoms. The quantitative estimate of drug-likeness (QED) is 0.529. The van der Waals surface area contributed by atoms with Gasteiger partial charge in [0, 0.05) is 11.9 Å². The first-order chi connectivity index (χ1) is 15.2. The van der Waals surface area contributed by atoms with Crippen molar-refractivity contribution >= 4 is 21.6 Å². The molecule has 3 aromatic rings. The van der Waals surface area contributed by atoms with E-state index in [4.69, 9.17) is 5.14 Å². The van der Waals surface area contributed by atoms with E-state index in [2.05, 4.69) is 10.4 Å². The van der Waals surface area contributed by atoms with Gasteiger partial charge < -0.3 is 5.32 Å². The summed E-state index contributed by atoms with van der Waals surface area (Å²) in [5, 5.41) is 10.9. The Bertz CT molecular complexity index is 1300. The number of aromatic nitrogens is 2. The van der Waals surface area contributed by atoms with Gasteiger partial charge in [-0.05, 0) is 29.8 Å². The van der Waals surface area contributed by atoms with Crippen molar-refractivity contribution in [1.29, 1.82) is 0 Å². The van der Waals surface area contributed by atoms with Gasteiger partial charge in [0.2, 0.25) is 15.9 Å². The number of primary sulfonamides is 1. The molecule has 0 saturated heterocycles. The van der Waals surface area contributed by atoms with E-state index in [0.717, 1.165) is 30.3 Å². The first-order valence-corrected chi connectivity index (χ1v) is 10.4. The summed E-state index contributed by atoms with van der Waals surface area (Å²) in [7, 11) is -4.49. The topological polar surface area (TPSA) is 107 Å². The maximum absolute atomic E-state index is 13.1. The number of nitrogens with two attached hydrogens (primary N) is 1. The van der Waals surface area contributed by atoms with Crippen molar-refractivity contribution in [3.8, 4) is 5.69 Å². The molecular formula is C19H14F6N4O3S. The Kier molecular flexibility index (Phi) is 6.26. The van der Waals surface area contributed by atoms with Crippen LogP contribution in [0.25, 0.3) is 5.69 Å². The van der Waals surface area contributed by atoms with Crippen molar-refractivity contribution in [3.05, 3.63) is 71.5 Å². The fourth-order valence-corrected chi connectivity index (χ4v) is 3.68. The summed E-state index contributed by atoms with van der Waals surface area (Å²) < 4.78 is 102. The van der Waals surface area contributed by atoms with Crippen LogP contribution in [0.1, 0.15) is 16.7 Å². The first kappa shape index (κ1) is 24.3. The predicted molar refractivity (Wildman–Crippen MR) is 104 cm³/mol. The van der Waals surface area contributed by atoms with Crippen LogP contribution >= 0.6 is 0 Å². The summed E-state index contributed by atoms with van der Waals surface area (Å²) in [6.45, 7) is 0. The molecule has 0 bridgehead atoms. The fraction of sp³-hybridized carbons (Fsp3) is 0.158. The van der Waals surface area contributed by atoms with Crippen LogP contribution in [-0.2, 0) is 33.6 Å². The average Bonchev–Trinajstić information content (AvgIpc) is 3.17. The highest BCUT2D eigenvalue weighted by Gasteiger charge is 2.34. The Morgan fingerprint density at radius 3 is 2.27 bits per heavy atom. The molecule has 0 atom stereocenters. The molecule has 2 aromatic carbocycles. The number of nitrogens with one attached hydrogen (secondary N) is 1. The molecule has 7 nitrogen and oxygen atoms in total. The van der Waals surface area contributed by atoms with Crippen LogP contribution in [0.3, 0.4) is 0 Å². The van der Waals surface area contributed by atoms with E-state index in [1.807, 2.05) is 0 Å². The Labute approximate surface area is 182 Å². The van der Waals surface area contributed by atoms with Crippen LogP contribution in [-0.4, -0.2) is 24.1 Å². The van der Waals surface area contributed by atoms with Gasteiger partial charge in [-0.25, -0.2) is 18.2 Å². The molecule has 0 radical (unpaired) electrons. The zero-order valence-electron chi connectivity index (χ0n) is 16.3. The number of anilines is 1. The number of nitrogens with zero attached hydrogens (tertiary/aromatic N) is 2. The number of halogens is 6. The van der Waals surface area contributed by atoms with Crippen molar-refractivity contribution in [2.75, 3.05) is 5.32 Å². The molecule has 0 aliphatic heterocycles. The van der Waals surface area contributed by atoms with Crippen molar-refractivity contribution < 1.29 is 39.6 Å². The van der Waals surface area contributed by atoms with Crippen LogP contribution in [0, 0.1) is 0 Å². The van der Waals surface area contributed by atoms with Gasteiger partial charge in [-0.15, -0.1) is 0 Å². The summed E-state index contributed by atoms with van der Waals surface area (Å²) in [6.07, 6.45) is -9.04. The lowest BCUT2D eigenvalue weighted by Crippen LogP contribution is -2.19. The van der Waals surface area contributed by atoms with E-state index in [-0.39, 0.29) is 16.9 Å². The number of rotatable bonds is 5. The van der Waals surface area contributed by atoms with Crippen molar-refractivity contribution in [2.24, 2.45) is 5.14 Å². The molecule has 3 rings (SSSR count). The fourth-order valence-electron chi connectivity index (χ4n) is 2.94. The third kappa shape index (κ3) is 5.70. The third-order valence-electron chi connectivity index (χ3n) is 4.38. The summed E-state index contributed by atoms with van der Waals surface area (Å²) in [4.78, 5) is 11.6. The normalized spacial score (nSPS) is 12.6. The van der Waals surface area contributed by atoms with E-state index in [1.165, 1.54) is 12.1 Å². The molecule has 14 heteroatoms. The van der Waals surface area contributed by atoms with Gasteiger partial charge in [-0.3, -0.25) is 4.79 Å². The average molecular weight is 492 g/mol. The van der Waals surface area contributed by atoms with Crippen LogP contribution in [0.2, 0.25) is 0 Å². The van der Waals surface area contributed by atoms with Crippen LogP contribution in [0.5, 0.6) is 0 Å². The van der Waals surface area contributed by atoms with Gasteiger partial charge >= 0.3 is 12.4 Å². The van der Waals surface area contributed by atoms with Gasteiger partial charge in [-0.2, -0.15) is 31.4 Å². The molecule has 1 amide bonds. The largest absolute Gasteiger partial charge is 0.419 e. The highest BCUT2D eigenvalue weighted by molar-refractivity contribution is 7.89. The molecule has 0 unspecified atom stereocenters. The lowest BCUT2D eigenvalue weighted by Gasteiger charge is -2.14. The van der Waals surface area contributed by atoms with E-state index in [0.29, 0.717) is 17.1 Å². The minimum atomic E-state index is -4.72. The number of carbonyl (C=O) groups excluding carboxylic acids is 1. The Hall–Kier alpha value is -3.39. The van der Waals surface area contributed by atoms with E-state index >= 15 is 0 Å². The van der Waals surface area contributed by atoms with Crippen molar-refractivity contribution in [2.45, 2.75) is 23.7 Å². The van der Waals surface area contributed by atoms with Crippen LogP contribution in [0.4, 0.5) is 32.0 Å². The predicted octanol–water partition coefficient (Wildman–Crippen LogP) is 3.74. The highest BCUT2D eigenvalue weighted by atomic mass is 32.2. The Balaban J connectivity index is 1.90. The molecule has 0 fully saturated rings. The second-order valence-electron chi connectivity index (χ2n) is 6.78. The number of benzene rings is 2. The molecule has 1 aromatic heterocycles. The summed E-state index contributed by atoms with van der Waals surface area (Å²) >= 11 is 0. The van der Waals surface area contributed by atoms with E-state index < -0.39 is 50.7 Å². The third-order valence-corrected chi connectivity index (χ3v) is 5.32. The molecule has 176 valence electrons. The Morgan fingerprint density at radius 2 is 1.70 bits per heavy atom. The summed E-state index contributed by atoms with van der Waals surface area (Å²) in [5.74, 6) is -0.890. The number of hydrogen-bond donors (Lipinski definition) is 2. The monoisotopic (exact) mass is 492 g/mol. The van der Waals surface area contributed by atoms with Gasteiger partial charge in [0.05, 0.1) is 29.4 Å². The molecular weight excluding hydrogens is 478 g/mol. The molecule has 1 heterocycles. The molecule has 0 saturated carbocycles. The molecule has 3 N–H and O–H groups in total. The smallest absolute Gasteiger partial charge is 0.326 e. The van der Waals surface area contributed by atoms with E-state index in [9.17, 15) is 39.6 Å². The number of sulfonamides is 1. The number of alkyl halides is 6. The standard InChI is InChI=1S/C19H14F6N4O3S/c20-18(21,22)12-9-27-29(10-12)15-6-5-13(8-16(15)33(26,31)32)28-17(30)7-11-3-1-2-4-14(11)19(23,24)25/h1-6,8-10H,7H2,(H,28,30)(H2,26,31,32). The summed E-state index contributed by atoms with van der Waals surface area (Å²) in [6, 6.07) is 7.49. The van der Waals surface area contributed by atoms with E-state index in [1.54, 1.807) is 0 Å². The number of hydrogen-bond acceptors (Lipinski definition) is 4. The molecule has 0 aliphatic carbocycles. The highest BCUT2D eigenvalue weighted by Crippen LogP contribution is 2.33. The second kappa shape index (κ2) is 8.51. The maximum Gasteiger partial charge on any atom is 0.419 e. The van der Waals surface area contributed by atoms with Crippen LogP contribution in [0.15, 0.2) is 59.8 Å². The Morgan fingerprint density at radius 1 is 1.03 bits per heavy atom. The molecule has 0 spiro atoms. The van der Waals surface area contributed by atoms with Gasteiger partial charge in [0.15, 0.2) is 0 Å². The van der Waals surface area contributed by atoms with Crippen molar-refractivity contribution in [1.82, 2.24) is 9.78 Å². The summed E-state index contributed by atoms with van der Waals surface area (Å²) in [5.41, 5.74) is -2.92. The number of amides is 1. The zero-order chi connectivity index (χ0) is 24.6. The minimum absolute atomic E-state index is 0.152.